The molecule has 5 rings (SSSR count). The maximum atomic E-state index is 13.6. The van der Waals surface area contributed by atoms with Gasteiger partial charge in [-0.1, -0.05) is 6.07 Å². The summed E-state index contributed by atoms with van der Waals surface area (Å²) < 4.78 is 5.89. The van der Waals surface area contributed by atoms with Crippen molar-refractivity contribution < 1.29 is 9.21 Å². The molecule has 1 aliphatic heterocycles. The fraction of sp³-hybridized carbons (Fsp3) is 0.478. The summed E-state index contributed by atoms with van der Waals surface area (Å²) in [5.74, 6) is 2.31. The summed E-state index contributed by atoms with van der Waals surface area (Å²) in [7, 11) is 2.04. The molecule has 8 heteroatoms. The molecule has 0 atom stereocenters. The summed E-state index contributed by atoms with van der Waals surface area (Å²) in [5.41, 5.74) is 2.29. The van der Waals surface area contributed by atoms with Crippen molar-refractivity contribution in [2.24, 2.45) is 0 Å². The van der Waals surface area contributed by atoms with Gasteiger partial charge in [0.15, 0.2) is 0 Å². The van der Waals surface area contributed by atoms with Gasteiger partial charge in [-0.25, -0.2) is 15.0 Å². The third-order valence-corrected chi connectivity index (χ3v) is 6.75. The van der Waals surface area contributed by atoms with E-state index in [1.165, 1.54) is 6.33 Å². The zero-order valence-corrected chi connectivity index (χ0v) is 18.6. The van der Waals surface area contributed by atoms with Crippen molar-refractivity contribution in [3.63, 3.8) is 0 Å². The predicted octanol–water partition coefficient (Wildman–Crippen LogP) is 3.19. The molecule has 1 saturated heterocycles. The topological polar surface area (TPSA) is 78.6 Å². The molecule has 3 aromatic heterocycles. The molecular weight excluding hydrogens is 392 g/mol. The monoisotopic (exact) mass is 420 g/mol. The number of aryl methyl sites for hydroxylation is 2. The van der Waals surface area contributed by atoms with Gasteiger partial charge in [-0.05, 0) is 45.2 Å². The van der Waals surface area contributed by atoms with E-state index >= 15 is 0 Å². The second-order valence-electron chi connectivity index (χ2n) is 8.94. The number of nitrogens with zero attached hydrogens (tertiary/aromatic N) is 6. The van der Waals surface area contributed by atoms with E-state index in [9.17, 15) is 4.79 Å². The molecule has 0 aromatic carbocycles. The third kappa shape index (κ3) is 3.40. The van der Waals surface area contributed by atoms with E-state index in [1.54, 1.807) is 0 Å². The average Bonchev–Trinajstić information content (AvgIpc) is 3.44. The summed E-state index contributed by atoms with van der Waals surface area (Å²) >= 11 is 0. The van der Waals surface area contributed by atoms with Crippen LogP contribution in [0.2, 0.25) is 0 Å². The Balaban J connectivity index is 1.41. The lowest BCUT2D eigenvalue weighted by atomic mass is 10.1. The van der Waals surface area contributed by atoms with Crippen LogP contribution in [0.4, 0.5) is 11.6 Å². The van der Waals surface area contributed by atoms with E-state index in [4.69, 9.17) is 4.42 Å². The van der Waals surface area contributed by atoms with E-state index in [-0.39, 0.29) is 11.4 Å². The maximum Gasteiger partial charge on any atom is 0.258 e. The van der Waals surface area contributed by atoms with E-state index in [1.807, 2.05) is 38.1 Å². The molecule has 2 aliphatic rings. The number of hydrogen-bond acceptors (Lipinski definition) is 7. The van der Waals surface area contributed by atoms with Gasteiger partial charge < -0.3 is 19.1 Å². The lowest BCUT2D eigenvalue weighted by molar-refractivity contribution is 0.0746. The van der Waals surface area contributed by atoms with Gasteiger partial charge in [0.05, 0.1) is 10.9 Å². The molecule has 2 fully saturated rings. The van der Waals surface area contributed by atoms with E-state index < -0.39 is 0 Å². The first-order chi connectivity index (χ1) is 14.9. The van der Waals surface area contributed by atoms with Gasteiger partial charge in [-0.3, -0.25) is 4.79 Å². The van der Waals surface area contributed by atoms with Gasteiger partial charge in [0.1, 0.15) is 23.7 Å². The molecule has 1 aliphatic carbocycles. The van der Waals surface area contributed by atoms with Crippen molar-refractivity contribution in [1.29, 1.82) is 0 Å². The highest BCUT2D eigenvalue weighted by atomic mass is 16.3. The van der Waals surface area contributed by atoms with E-state index in [0.29, 0.717) is 30.1 Å². The summed E-state index contributed by atoms with van der Waals surface area (Å²) in [5, 5.41) is 0.725. The van der Waals surface area contributed by atoms with Gasteiger partial charge in [0.25, 0.3) is 5.91 Å². The highest BCUT2D eigenvalue weighted by Gasteiger charge is 2.43. The van der Waals surface area contributed by atoms with Gasteiger partial charge in [-0.15, -0.1) is 0 Å². The molecule has 4 heterocycles. The number of fused-ring (bicyclic) bond motifs is 1. The minimum absolute atomic E-state index is 0.0156. The normalized spacial score (nSPS) is 17.8. The maximum absolute atomic E-state index is 13.6. The van der Waals surface area contributed by atoms with Crippen LogP contribution in [-0.4, -0.2) is 64.5 Å². The molecule has 0 N–H and O–H groups in total. The zero-order chi connectivity index (χ0) is 21.8. The molecule has 0 bridgehead atoms. The van der Waals surface area contributed by atoms with Crippen molar-refractivity contribution in [1.82, 2.24) is 19.9 Å². The van der Waals surface area contributed by atoms with Gasteiger partial charge in [0, 0.05) is 45.0 Å². The Morgan fingerprint density at radius 1 is 1.10 bits per heavy atom. The standard InChI is InChI=1S/C23H28N6O2/c1-15-5-6-17(24-13-15)28-9-11-29(12-10-28)22(30)18-16(2)31-21-19(18)20(25-14-26-21)27(4)23(3)7-8-23/h5-6,13-14H,7-12H2,1-4H3. The first-order valence-electron chi connectivity index (χ1n) is 10.8. The summed E-state index contributed by atoms with van der Waals surface area (Å²) in [6.07, 6.45) is 5.63. The Hall–Kier alpha value is -3.16. The zero-order valence-electron chi connectivity index (χ0n) is 18.6. The Bertz CT molecular complexity index is 1130. The van der Waals surface area contributed by atoms with Crippen molar-refractivity contribution in [2.45, 2.75) is 39.2 Å². The lowest BCUT2D eigenvalue weighted by Gasteiger charge is -2.35. The number of piperazine rings is 1. The minimum Gasteiger partial charge on any atom is -0.442 e. The molecule has 1 saturated carbocycles. The van der Waals surface area contributed by atoms with E-state index in [2.05, 4.69) is 37.7 Å². The quantitative estimate of drug-likeness (QED) is 0.641. The van der Waals surface area contributed by atoms with Crippen molar-refractivity contribution >= 4 is 28.6 Å². The number of pyridine rings is 1. The Kier molecular flexibility index (Phi) is 4.60. The van der Waals surface area contributed by atoms with Crippen LogP contribution in [0.15, 0.2) is 29.1 Å². The summed E-state index contributed by atoms with van der Waals surface area (Å²) in [6, 6.07) is 4.11. The van der Waals surface area contributed by atoms with Crippen molar-refractivity contribution in [2.75, 3.05) is 43.0 Å². The van der Waals surface area contributed by atoms with Gasteiger partial charge >= 0.3 is 0 Å². The van der Waals surface area contributed by atoms with Crippen LogP contribution in [0, 0.1) is 13.8 Å². The SMILES string of the molecule is Cc1ccc(N2CCN(C(=O)c3c(C)oc4ncnc(N(C)C5(C)CC5)c34)CC2)nc1. The highest BCUT2D eigenvalue weighted by molar-refractivity contribution is 6.10. The van der Waals surface area contributed by atoms with Gasteiger partial charge in [-0.2, -0.15) is 0 Å². The molecule has 0 radical (unpaired) electrons. The van der Waals surface area contributed by atoms with Crippen LogP contribution in [0.5, 0.6) is 0 Å². The molecule has 31 heavy (non-hydrogen) atoms. The van der Waals surface area contributed by atoms with Crippen LogP contribution >= 0.6 is 0 Å². The Labute approximate surface area is 181 Å². The molecule has 3 aromatic rings. The summed E-state index contributed by atoms with van der Waals surface area (Å²) in [6.45, 7) is 8.85. The number of furan rings is 1. The molecule has 162 valence electrons. The molecule has 0 spiro atoms. The first-order valence-corrected chi connectivity index (χ1v) is 10.8. The van der Waals surface area contributed by atoms with Crippen LogP contribution in [0.25, 0.3) is 11.1 Å². The van der Waals surface area contributed by atoms with Crippen molar-refractivity contribution in [3.05, 3.63) is 41.5 Å². The predicted molar refractivity (Wildman–Crippen MR) is 120 cm³/mol. The number of anilines is 2. The van der Waals surface area contributed by atoms with E-state index in [0.717, 1.165) is 48.5 Å². The smallest absolute Gasteiger partial charge is 0.258 e. The van der Waals surface area contributed by atoms with Gasteiger partial charge in [0.2, 0.25) is 5.71 Å². The fourth-order valence-electron chi connectivity index (χ4n) is 4.26. The first kappa shape index (κ1) is 19.8. The minimum atomic E-state index is -0.0156. The van der Waals surface area contributed by atoms with Crippen molar-refractivity contribution in [3.8, 4) is 0 Å². The number of carbonyl (C=O) groups is 1. The largest absolute Gasteiger partial charge is 0.442 e. The average molecular weight is 421 g/mol. The van der Waals surface area contributed by atoms with Crippen LogP contribution < -0.4 is 9.80 Å². The number of carbonyl (C=O) groups excluding carboxylic acids is 1. The third-order valence-electron chi connectivity index (χ3n) is 6.75. The Morgan fingerprint density at radius 2 is 1.84 bits per heavy atom. The molecule has 8 nitrogen and oxygen atoms in total. The number of amides is 1. The Morgan fingerprint density at radius 3 is 2.48 bits per heavy atom. The number of hydrogen-bond donors (Lipinski definition) is 0. The molecule has 0 unspecified atom stereocenters. The van der Waals surface area contributed by atoms with Crippen LogP contribution in [0.1, 0.15) is 41.4 Å². The highest BCUT2D eigenvalue weighted by Crippen LogP contribution is 2.44. The molecular formula is C23H28N6O2. The van der Waals surface area contributed by atoms with Crippen LogP contribution in [-0.2, 0) is 0 Å². The summed E-state index contributed by atoms with van der Waals surface area (Å²) in [4.78, 5) is 33.2. The van der Waals surface area contributed by atoms with Crippen LogP contribution in [0.3, 0.4) is 0 Å². The number of aromatic nitrogens is 3. The molecule has 1 amide bonds. The number of rotatable bonds is 4. The fourth-order valence-corrected chi connectivity index (χ4v) is 4.26. The second kappa shape index (κ2) is 7.21. The lowest BCUT2D eigenvalue weighted by Crippen LogP contribution is -2.49. The second-order valence-corrected chi connectivity index (χ2v) is 8.94.